The van der Waals surface area contributed by atoms with E-state index in [4.69, 9.17) is 0 Å². The zero-order chi connectivity index (χ0) is 37.7. The molecule has 2 heterocycles. The molecule has 3 heteroatoms. The van der Waals surface area contributed by atoms with E-state index in [1.807, 2.05) is 0 Å². The van der Waals surface area contributed by atoms with Crippen molar-refractivity contribution in [2.24, 2.45) is 0 Å². The van der Waals surface area contributed by atoms with Crippen LogP contribution in [0.3, 0.4) is 0 Å². The second-order valence-corrected chi connectivity index (χ2v) is 14.6. The first-order valence-electron chi connectivity index (χ1n) is 19.5. The average Bonchev–Trinajstić information content (AvgIpc) is 3.81. The summed E-state index contributed by atoms with van der Waals surface area (Å²) in [4.78, 5) is 2.39. The number of nitrogens with zero attached hydrogens (tertiary/aromatic N) is 3. The third-order valence-electron chi connectivity index (χ3n) is 11.3. The number of aromatic nitrogens is 2. The Balaban J connectivity index is 1.12. The topological polar surface area (TPSA) is 13.1 Å². The fraction of sp³-hybridized carbons (Fsp3) is 0. The zero-order valence-corrected chi connectivity index (χ0v) is 31.2. The summed E-state index contributed by atoms with van der Waals surface area (Å²) in [6.07, 6.45) is 0. The minimum atomic E-state index is 1.08. The quantitative estimate of drug-likeness (QED) is 0.159. The van der Waals surface area contributed by atoms with Crippen LogP contribution in [0.5, 0.6) is 0 Å². The maximum atomic E-state index is 2.40. The summed E-state index contributed by atoms with van der Waals surface area (Å²) >= 11 is 0. The maximum Gasteiger partial charge on any atom is 0.0547 e. The van der Waals surface area contributed by atoms with Gasteiger partial charge in [0.05, 0.1) is 22.1 Å². The summed E-state index contributed by atoms with van der Waals surface area (Å²) in [6, 6.07) is 81.1. The molecule has 0 N–H and O–H groups in total. The van der Waals surface area contributed by atoms with Crippen LogP contribution in [-0.4, -0.2) is 9.13 Å². The van der Waals surface area contributed by atoms with Gasteiger partial charge in [0.15, 0.2) is 0 Å². The van der Waals surface area contributed by atoms with Gasteiger partial charge in [-0.3, -0.25) is 0 Å². The van der Waals surface area contributed by atoms with E-state index in [2.05, 4.69) is 238 Å². The van der Waals surface area contributed by atoms with Crippen molar-refractivity contribution in [3.05, 3.63) is 224 Å². The number of fused-ring (bicyclic) bond motifs is 6. The van der Waals surface area contributed by atoms with Crippen molar-refractivity contribution in [3.63, 3.8) is 0 Å². The van der Waals surface area contributed by atoms with Crippen LogP contribution in [0.1, 0.15) is 0 Å². The van der Waals surface area contributed by atoms with Crippen molar-refractivity contribution < 1.29 is 0 Å². The lowest BCUT2D eigenvalue weighted by atomic mass is 9.99. The van der Waals surface area contributed by atoms with Gasteiger partial charge < -0.3 is 14.0 Å². The van der Waals surface area contributed by atoms with Gasteiger partial charge in [-0.05, 0) is 107 Å². The van der Waals surface area contributed by atoms with Gasteiger partial charge in [0.25, 0.3) is 0 Å². The highest BCUT2D eigenvalue weighted by Gasteiger charge is 2.20. The average molecular weight is 728 g/mol. The fourth-order valence-corrected chi connectivity index (χ4v) is 8.74. The molecule has 0 aliphatic rings. The van der Waals surface area contributed by atoms with Crippen LogP contribution >= 0.6 is 0 Å². The Hall–Kier alpha value is -7.62. The van der Waals surface area contributed by atoms with Gasteiger partial charge in [0, 0.05) is 50.0 Å². The predicted molar refractivity (Wildman–Crippen MR) is 241 cm³/mol. The normalized spacial score (nSPS) is 11.5. The number of rotatable bonds is 7. The van der Waals surface area contributed by atoms with Crippen molar-refractivity contribution in [1.29, 1.82) is 0 Å². The molecule has 57 heavy (non-hydrogen) atoms. The van der Waals surface area contributed by atoms with Gasteiger partial charge >= 0.3 is 0 Å². The summed E-state index contributed by atoms with van der Waals surface area (Å²) in [5.74, 6) is 0. The summed E-state index contributed by atoms with van der Waals surface area (Å²) in [6.45, 7) is 0. The lowest BCUT2D eigenvalue weighted by Crippen LogP contribution is -2.10. The third kappa shape index (κ3) is 5.51. The lowest BCUT2D eigenvalue weighted by Gasteiger charge is -2.26. The summed E-state index contributed by atoms with van der Waals surface area (Å²) in [5, 5.41) is 4.97. The number of hydrogen-bond acceptors (Lipinski definition) is 1. The van der Waals surface area contributed by atoms with Gasteiger partial charge in [-0.1, -0.05) is 140 Å². The molecule has 268 valence electrons. The Labute approximate surface area is 331 Å². The minimum Gasteiger partial charge on any atom is -0.310 e. The first-order valence-corrected chi connectivity index (χ1v) is 19.5. The molecule has 0 unspecified atom stereocenters. The second-order valence-electron chi connectivity index (χ2n) is 14.6. The number of hydrogen-bond donors (Lipinski definition) is 0. The molecule has 11 rings (SSSR count). The van der Waals surface area contributed by atoms with E-state index >= 15 is 0 Å². The van der Waals surface area contributed by atoms with E-state index in [0.717, 1.165) is 28.4 Å². The minimum absolute atomic E-state index is 1.08. The van der Waals surface area contributed by atoms with Crippen LogP contribution < -0.4 is 4.90 Å². The van der Waals surface area contributed by atoms with Gasteiger partial charge in [0.2, 0.25) is 0 Å². The second kappa shape index (κ2) is 13.6. The predicted octanol–water partition coefficient (Wildman–Crippen LogP) is 14.7. The maximum absolute atomic E-state index is 2.40. The van der Waals surface area contributed by atoms with E-state index < -0.39 is 0 Å². The highest BCUT2D eigenvalue weighted by Crippen LogP contribution is 2.43. The summed E-state index contributed by atoms with van der Waals surface area (Å²) in [5.41, 5.74) is 15.1. The van der Waals surface area contributed by atoms with Crippen molar-refractivity contribution in [2.75, 3.05) is 4.90 Å². The third-order valence-corrected chi connectivity index (χ3v) is 11.3. The van der Waals surface area contributed by atoms with E-state index in [9.17, 15) is 0 Å². The van der Waals surface area contributed by atoms with Gasteiger partial charge in [-0.15, -0.1) is 0 Å². The first-order chi connectivity index (χ1) is 28.3. The van der Waals surface area contributed by atoms with E-state index in [1.54, 1.807) is 0 Å². The van der Waals surface area contributed by atoms with Gasteiger partial charge in [0.1, 0.15) is 0 Å². The molecule has 0 saturated carbocycles. The molecule has 0 amide bonds. The zero-order valence-electron chi connectivity index (χ0n) is 31.2. The Morgan fingerprint density at radius 1 is 0.281 bits per heavy atom. The molecule has 3 nitrogen and oxygen atoms in total. The Kier molecular flexibility index (Phi) is 7.82. The molecular weight excluding hydrogens is 691 g/mol. The summed E-state index contributed by atoms with van der Waals surface area (Å²) < 4.78 is 4.78. The van der Waals surface area contributed by atoms with Crippen molar-refractivity contribution in [3.8, 4) is 33.6 Å². The monoisotopic (exact) mass is 727 g/mol. The van der Waals surface area contributed by atoms with Gasteiger partial charge in [-0.2, -0.15) is 0 Å². The van der Waals surface area contributed by atoms with Crippen LogP contribution in [0.15, 0.2) is 224 Å². The Bertz CT molecular complexity index is 3140. The highest BCUT2D eigenvalue weighted by atomic mass is 15.1. The molecule has 0 aliphatic carbocycles. The molecule has 2 aromatic heterocycles. The molecule has 0 fully saturated rings. The Morgan fingerprint density at radius 2 is 0.737 bits per heavy atom. The van der Waals surface area contributed by atoms with Crippen LogP contribution in [0.2, 0.25) is 0 Å². The van der Waals surface area contributed by atoms with Gasteiger partial charge in [-0.25, -0.2) is 0 Å². The summed E-state index contributed by atoms with van der Waals surface area (Å²) in [7, 11) is 0. The number of benzene rings is 9. The smallest absolute Gasteiger partial charge is 0.0547 e. The van der Waals surface area contributed by atoms with Crippen LogP contribution in [0.4, 0.5) is 17.1 Å². The van der Waals surface area contributed by atoms with E-state index in [-0.39, 0.29) is 0 Å². The van der Waals surface area contributed by atoms with E-state index in [0.29, 0.717) is 0 Å². The molecule has 0 spiro atoms. The highest BCUT2D eigenvalue weighted by molar-refractivity contribution is 6.17. The molecule has 9 aromatic carbocycles. The number of anilines is 3. The fourth-order valence-electron chi connectivity index (χ4n) is 8.74. The van der Waals surface area contributed by atoms with Crippen LogP contribution in [0.25, 0.3) is 77.2 Å². The number of para-hydroxylation sites is 3. The standard InChI is InChI=1S/C54H37N3/c1-4-15-38(16-5-1)39-27-29-42(30-28-39)55(43-31-33-44(34-32-43)56-50-24-12-10-21-47(50)48-22-11-13-25-51(48)56)45-35-36-52-49(37-45)54-46(40-17-6-2-7-18-40)23-14-26-53(54)57(52)41-19-8-3-9-20-41/h1-37H. The van der Waals surface area contributed by atoms with Crippen molar-refractivity contribution >= 4 is 60.7 Å². The Morgan fingerprint density at radius 3 is 1.39 bits per heavy atom. The molecular formula is C54H37N3. The van der Waals surface area contributed by atoms with Crippen LogP contribution in [-0.2, 0) is 0 Å². The van der Waals surface area contributed by atoms with Crippen molar-refractivity contribution in [1.82, 2.24) is 9.13 Å². The molecule has 11 aromatic rings. The SMILES string of the molecule is c1ccc(-c2ccc(N(c3ccc(-n4c5ccccc5c5ccccc54)cc3)c3ccc4c(c3)c3c(-c5ccccc5)cccc3n4-c3ccccc3)cc2)cc1. The molecule has 0 saturated heterocycles. The first kappa shape index (κ1) is 32.8. The molecule has 0 radical (unpaired) electrons. The molecule has 0 bridgehead atoms. The lowest BCUT2D eigenvalue weighted by molar-refractivity contribution is 1.17. The molecule has 0 aliphatic heterocycles. The van der Waals surface area contributed by atoms with Crippen LogP contribution in [0, 0.1) is 0 Å². The van der Waals surface area contributed by atoms with Crippen molar-refractivity contribution in [2.45, 2.75) is 0 Å². The van der Waals surface area contributed by atoms with E-state index in [1.165, 1.54) is 65.9 Å². The molecule has 0 atom stereocenters. The largest absolute Gasteiger partial charge is 0.310 e.